The van der Waals surface area contributed by atoms with Crippen LogP contribution in [-0.4, -0.2) is 35.4 Å². The summed E-state index contributed by atoms with van der Waals surface area (Å²) in [6.45, 7) is -0.249. The molecule has 0 bridgehead atoms. The van der Waals surface area contributed by atoms with Crippen molar-refractivity contribution in [3.05, 3.63) is 58.6 Å². The molecule has 128 valence electrons. The molecular formula is C16H15ClF2N2O3. The molecule has 2 aromatic rings. The lowest BCUT2D eigenvalue weighted by Gasteiger charge is -2.12. The van der Waals surface area contributed by atoms with E-state index in [9.17, 15) is 18.7 Å². The zero-order valence-electron chi connectivity index (χ0n) is 12.4. The average Bonchev–Trinajstić information content (AvgIpc) is 2.56. The van der Waals surface area contributed by atoms with E-state index >= 15 is 0 Å². The fraction of sp³-hybridized carbons (Fsp3) is 0.188. The smallest absolute Gasteiger partial charge is 0.257 e. The summed E-state index contributed by atoms with van der Waals surface area (Å²) >= 11 is 5.76. The van der Waals surface area contributed by atoms with E-state index in [1.807, 2.05) is 0 Å². The first-order valence-corrected chi connectivity index (χ1v) is 7.37. The highest BCUT2D eigenvalue weighted by atomic mass is 35.5. The lowest BCUT2D eigenvalue weighted by Crippen LogP contribution is -2.23. The average molecular weight is 357 g/mol. The third kappa shape index (κ3) is 4.64. The fourth-order valence-corrected chi connectivity index (χ4v) is 2.14. The van der Waals surface area contributed by atoms with Gasteiger partial charge in [-0.2, -0.15) is 0 Å². The molecule has 0 aliphatic carbocycles. The summed E-state index contributed by atoms with van der Waals surface area (Å²) in [5, 5.41) is 23.3. The van der Waals surface area contributed by atoms with Crippen molar-refractivity contribution in [2.45, 2.75) is 6.10 Å². The van der Waals surface area contributed by atoms with E-state index in [4.69, 9.17) is 16.7 Å². The Bertz CT molecular complexity index is 743. The van der Waals surface area contributed by atoms with Gasteiger partial charge in [0, 0.05) is 17.9 Å². The Morgan fingerprint density at radius 3 is 2.54 bits per heavy atom. The van der Waals surface area contributed by atoms with Crippen LogP contribution in [0.15, 0.2) is 36.4 Å². The zero-order chi connectivity index (χ0) is 17.7. The van der Waals surface area contributed by atoms with Crippen molar-refractivity contribution in [1.29, 1.82) is 0 Å². The van der Waals surface area contributed by atoms with Crippen molar-refractivity contribution >= 4 is 28.9 Å². The number of benzene rings is 2. The first-order valence-electron chi connectivity index (χ1n) is 6.99. The maximum atomic E-state index is 13.3. The molecule has 4 N–H and O–H groups in total. The number of carbonyl (C=O) groups excluding carboxylic acids is 1. The van der Waals surface area contributed by atoms with E-state index < -0.39 is 23.6 Å². The molecule has 1 atom stereocenters. The lowest BCUT2D eigenvalue weighted by atomic mass is 10.2. The van der Waals surface area contributed by atoms with Gasteiger partial charge < -0.3 is 20.8 Å². The van der Waals surface area contributed by atoms with Crippen LogP contribution in [0.25, 0.3) is 0 Å². The van der Waals surface area contributed by atoms with Crippen LogP contribution < -0.4 is 10.6 Å². The molecule has 0 fully saturated rings. The van der Waals surface area contributed by atoms with Crippen LogP contribution in [-0.2, 0) is 0 Å². The summed E-state index contributed by atoms with van der Waals surface area (Å²) in [6, 6.07) is 7.99. The van der Waals surface area contributed by atoms with Crippen LogP contribution in [0.5, 0.6) is 0 Å². The molecule has 2 aromatic carbocycles. The predicted molar refractivity (Wildman–Crippen MR) is 87.3 cm³/mol. The molecule has 0 heterocycles. The van der Waals surface area contributed by atoms with E-state index in [1.54, 1.807) is 24.3 Å². The quantitative estimate of drug-likeness (QED) is 0.600. The van der Waals surface area contributed by atoms with Crippen LogP contribution in [0.3, 0.4) is 0 Å². The van der Waals surface area contributed by atoms with Crippen molar-refractivity contribution in [3.8, 4) is 0 Å². The van der Waals surface area contributed by atoms with Gasteiger partial charge in [-0.05, 0) is 30.3 Å². The number of carbonyl (C=O) groups is 1. The number of aliphatic hydroxyl groups excluding tert-OH is 2. The molecule has 0 spiro atoms. The van der Waals surface area contributed by atoms with Crippen molar-refractivity contribution in [1.82, 2.24) is 0 Å². The minimum absolute atomic E-state index is 0.128. The normalized spacial score (nSPS) is 11.9. The second-order valence-electron chi connectivity index (χ2n) is 5.00. The summed E-state index contributed by atoms with van der Waals surface area (Å²) in [7, 11) is 0. The molecule has 0 saturated carbocycles. The predicted octanol–water partition coefficient (Wildman–Crippen LogP) is 2.64. The summed E-state index contributed by atoms with van der Waals surface area (Å²) in [6.07, 6.45) is -0.913. The van der Waals surface area contributed by atoms with E-state index in [2.05, 4.69) is 10.6 Å². The zero-order valence-corrected chi connectivity index (χ0v) is 13.1. The molecule has 0 aliphatic rings. The van der Waals surface area contributed by atoms with Gasteiger partial charge in [0.1, 0.15) is 0 Å². The maximum Gasteiger partial charge on any atom is 0.257 e. The Morgan fingerprint density at radius 2 is 1.83 bits per heavy atom. The number of aliphatic hydroxyl groups is 2. The van der Waals surface area contributed by atoms with Gasteiger partial charge in [0.15, 0.2) is 11.6 Å². The van der Waals surface area contributed by atoms with E-state index in [0.717, 1.165) is 12.1 Å². The molecule has 2 rings (SSSR count). The van der Waals surface area contributed by atoms with E-state index in [-0.39, 0.29) is 23.7 Å². The highest BCUT2D eigenvalue weighted by Crippen LogP contribution is 2.22. The Labute approximate surface area is 141 Å². The molecule has 0 aromatic heterocycles. The lowest BCUT2D eigenvalue weighted by molar-refractivity contribution is 0.102. The third-order valence-electron chi connectivity index (χ3n) is 3.13. The Balaban J connectivity index is 2.11. The van der Waals surface area contributed by atoms with Crippen molar-refractivity contribution < 1.29 is 23.8 Å². The third-order valence-corrected chi connectivity index (χ3v) is 3.44. The summed E-state index contributed by atoms with van der Waals surface area (Å²) in [5.41, 5.74) is 0.797. The first-order chi connectivity index (χ1) is 11.4. The number of halogens is 3. The minimum Gasteiger partial charge on any atom is -0.394 e. The molecular weight excluding hydrogens is 342 g/mol. The summed E-state index contributed by atoms with van der Waals surface area (Å²) in [5.74, 6) is -2.99. The molecule has 0 aliphatic heterocycles. The second kappa shape index (κ2) is 8.05. The second-order valence-corrected chi connectivity index (χ2v) is 5.41. The van der Waals surface area contributed by atoms with Gasteiger partial charge in [0.05, 0.1) is 23.3 Å². The van der Waals surface area contributed by atoms with Crippen LogP contribution in [0.4, 0.5) is 20.2 Å². The SMILES string of the molecule is O=C(Nc1cccc(NCC(O)CO)c1)c1cc(F)c(F)cc1Cl. The Hall–Kier alpha value is -2.22. The number of hydrogen-bond acceptors (Lipinski definition) is 4. The first kappa shape index (κ1) is 18.1. The van der Waals surface area contributed by atoms with E-state index in [1.165, 1.54) is 0 Å². The fourth-order valence-electron chi connectivity index (χ4n) is 1.90. The molecule has 24 heavy (non-hydrogen) atoms. The Kier molecular flexibility index (Phi) is 6.08. The maximum absolute atomic E-state index is 13.3. The monoisotopic (exact) mass is 356 g/mol. The van der Waals surface area contributed by atoms with Crippen LogP contribution in [0.2, 0.25) is 5.02 Å². The molecule has 1 unspecified atom stereocenters. The highest BCUT2D eigenvalue weighted by Gasteiger charge is 2.15. The van der Waals surface area contributed by atoms with Gasteiger partial charge in [-0.15, -0.1) is 0 Å². The van der Waals surface area contributed by atoms with Gasteiger partial charge >= 0.3 is 0 Å². The van der Waals surface area contributed by atoms with Crippen LogP contribution in [0.1, 0.15) is 10.4 Å². The number of hydrogen-bond donors (Lipinski definition) is 4. The van der Waals surface area contributed by atoms with E-state index in [0.29, 0.717) is 11.4 Å². The van der Waals surface area contributed by atoms with Crippen LogP contribution in [0, 0.1) is 11.6 Å². The molecule has 1 amide bonds. The number of anilines is 2. The Morgan fingerprint density at radius 1 is 1.17 bits per heavy atom. The number of nitrogens with one attached hydrogen (secondary N) is 2. The number of amides is 1. The van der Waals surface area contributed by atoms with Gasteiger partial charge in [0.25, 0.3) is 5.91 Å². The molecule has 8 heteroatoms. The topological polar surface area (TPSA) is 81.6 Å². The van der Waals surface area contributed by atoms with Gasteiger partial charge in [-0.25, -0.2) is 8.78 Å². The largest absolute Gasteiger partial charge is 0.394 e. The number of rotatable bonds is 6. The standard InChI is InChI=1S/C16H15ClF2N2O3/c17-13-6-15(19)14(18)5-12(13)16(24)21-10-3-1-2-9(4-10)20-7-11(23)8-22/h1-6,11,20,22-23H,7-8H2,(H,21,24). The summed E-state index contributed by atoms with van der Waals surface area (Å²) in [4.78, 5) is 12.1. The van der Waals surface area contributed by atoms with Crippen LogP contribution >= 0.6 is 11.6 Å². The minimum atomic E-state index is -1.17. The van der Waals surface area contributed by atoms with Gasteiger partial charge in [-0.1, -0.05) is 17.7 Å². The molecule has 0 radical (unpaired) electrons. The van der Waals surface area contributed by atoms with Crippen molar-refractivity contribution in [2.24, 2.45) is 0 Å². The van der Waals surface area contributed by atoms with Crippen molar-refractivity contribution in [3.63, 3.8) is 0 Å². The highest BCUT2D eigenvalue weighted by molar-refractivity contribution is 6.34. The van der Waals surface area contributed by atoms with Gasteiger partial charge in [-0.3, -0.25) is 4.79 Å². The van der Waals surface area contributed by atoms with Gasteiger partial charge in [0.2, 0.25) is 0 Å². The molecule has 0 saturated heterocycles. The molecule has 5 nitrogen and oxygen atoms in total. The summed E-state index contributed by atoms with van der Waals surface area (Å²) < 4.78 is 26.3. The van der Waals surface area contributed by atoms with Crippen molar-refractivity contribution in [2.75, 3.05) is 23.8 Å².